The number of hydrogen-bond acceptors (Lipinski definition) is 0. The highest BCUT2D eigenvalue weighted by Crippen LogP contribution is 2.44. The molecule has 0 nitrogen and oxygen atoms in total. The van der Waals surface area contributed by atoms with Crippen LogP contribution in [0.1, 0.15) is 80.7 Å². The molecule has 3 aliphatic rings. The largest absolute Gasteiger partial charge is 0.0986 e. The standard InChI is InChI=1S/C36H44/c1-23-16-25(3)33(19-27-10-8-11-27)35(17-23)31-13-9-12-29-18-28(21-34(29)31)20-32-24(2)14-15-30(26(32)4)22-36(5,6)7/h9,12-18,27,30,32H,2,4,8,10-11,19-22H2,1,3,5-7H3. The lowest BCUT2D eigenvalue weighted by molar-refractivity contribution is 0.314. The van der Waals surface area contributed by atoms with Gasteiger partial charge < -0.3 is 0 Å². The summed E-state index contributed by atoms with van der Waals surface area (Å²) in [6.07, 6.45) is 15.7. The van der Waals surface area contributed by atoms with Crippen molar-refractivity contribution in [3.05, 3.63) is 100 Å². The zero-order chi connectivity index (χ0) is 25.6. The molecule has 5 rings (SSSR count). The average molecular weight is 477 g/mol. The SMILES string of the molecule is C=C1C=CC(CC(C)(C)C)C(=C)C1CC1=Cc2cccc(-c3cc(C)cc(C)c3CC3CCC3)c2C1. The van der Waals surface area contributed by atoms with Crippen molar-refractivity contribution in [1.82, 2.24) is 0 Å². The van der Waals surface area contributed by atoms with Crippen molar-refractivity contribution in [3.63, 3.8) is 0 Å². The van der Waals surface area contributed by atoms with Gasteiger partial charge in [0.05, 0.1) is 0 Å². The molecule has 0 heterocycles. The molecule has 0 bridgehead atoms. The maximum absolute atomic E-state index is 4.60. The zero-order valence-corrected chi connectivity index (χ0v) is 23.2. The van der Waals surface area contributed by atoms with Gasteiger partial charge in [0, 0.05) is 5.92 Å². The molecule has 2 aromatic carbocycles. The van der Waals surface area contributed by atoms with Crippen molar-refractivity contribution in [1.29, 1.82) is 0 Å². The Kier molecular flexibility index (Phi) is 6.75. The number of hydrogen-bond donors (Lipinski definition) is 0. The lowest BCUT2D eigenvalue weighted by Gasteiger charge is -2.33. The first-order chi connectivity index (χ1) is 17.1. The summed E-state index contributed by atoms with van der Waals surface area (Å²) in [5.41, 5.74) is 14.7. The first-order valence-electron chi connectivity index (χ1n) is 14.1. The molecule has 0 N–H and O–H groups in total. The number of benzene rings is 2. The summed E-state index contributed by atoms with van der Waals surface area (Å²) < 4.78 is 0. The summed E-state index contributed by atoms with van der Waals surface area (Å²) in [6, 6.07) is 11.8. The number of fused-ring (bicyclic) bond motifs is 1. The van der Waals surface area contributed by atoms with E-state index in [0.717, 1.165) is 25.2 Å². The predicted molar refractivity (Wildman–Crippen MR) is 157 cm³/mol. The average Bonchev–Trinajstić information content (AvgIpc) is 3.18. The van der Waals surface area contributed by atoms with E-state index < -0.39 is 0 Å². The van der Waals surface area contributed by atoms with Crippen LogP contribution in [0.5, 0.6) is 0 Å². The van der Waals surface area contributed by atoms with Crippen LogP contribution in [0.15, 0.2) is 72.4 Å². The maximum Gasteiger partial charge on any atom is 0.00827 e. The molecule has 188 valence electrons. The van der Waals surface area contributed by atoms with Crippen LogP contribution >= 0.6 is 0 Å². The van der Waals surface area contributed by atoms with E-state index in [4.69, 9.17) is 0 Å². The highest BCUT2D eigenvalue weighted by atomic mass is 14.3. The smallest absolute Gasteiger partial charge is 0.00827 e. The number of allylic oxidation sites excluding steroid dienone is 5. The maximum atomic E-state index is 4.60. The van der Waals surface area contributed by atoms with Gasteiger partial charge in [0.15, 0.2) is 0 Å². The van der Waals surface area contributed by atoms with Gasteiger partial charge in [0.1, 0.15) is 0 Å². The molecule has 2 aromatic rings. The van der Waals surface area contributed by atoms with E-state index in [-0.39, 0.29) is 0 Å². The Morgan fingerprint density at radius 2 is 1.75 bits per heavy atom. The lowest BCUT2D eigenvalue weighted by atomic mass is 9.71. The van der Waals surface area contributed by atoms with E-state index in [1.807, 2.05) is 0 Å². The van der Waals surface area contributed by atoms with Gasteiger partial charge in [-0.1, -0.05) is 118 Å². The van der Waals surface area contributed by atoms with Crippen molar-refractivity contribution in [2.75, 3.05) is 0 Å². The van der Waals surface area contributed by atoms with Gasteiger partial charge >= 0.3 is 0 Å². The third-order valence-electron chi connectivity index (χ3n) is 8.81. The fourth-order valence-electron chi connectivity index (χ4n) is 6.67. The first kappa shape index (κ1) is 25.1. The second kappa shape index (κ2) is 9.70. The fourth-order valence-corrected chi connectivity index (χ4v) is 6.67. The topological polar surface area (TPSA) is 0 Å². The molecule has 1 fully saturated rings. The van der Waals surface area contributed by atoms with Crippen LogP contribution in [-0.4, -0.2) is 0 Å². The quantitative estimate of drug-likeness (QED) is 0.364. The Morgan fingerprint density at radius 1 is 0.972 bits per heavy atom. The molecule has 0 saturated heterocycles. The van der Waals surface area contributed by atoms with Crippen LogP contribution in [0.2, 0.25) is 0 Å². The van der Waals surface area contributed by atoms with Gasteiger partial charge in [0.2, 0.25) is 0 Å². The minimum Gasteiger partial charge on any atom is -0.0986 e. The van der Waals surface area contributed by atoms with Crippen LogP contribution < -0.4 is 0 Å². The molecular formula is C36H44. The van der Waals surface area contributed by atoms with E-state index >= 15 is 0 Å². The highest BCUT2D eigenvalue weighted by molar-refractivity contribution is 5.80. The van der Waals surface area contributed by atoms with Crippen molar-refractivity contribution in [2.24, 2.45) is 23.2 Å². The van der Waals surface area contributed by atoms with Gasteiger partial charge in [-0.15, -0.1) is 0 Å². The van der Waals surface area contributed by atoms with Crippen molar-refractivity contribution >= 4 is 6.08 Å². The molecule has 0 amide bonds. The van der Waals surface area contributed by atoms with Gasteiger partial charge in [-0.2, -0.15) is 0 Å². The van der Waals surface area contributed by atoms with Crippen molar-refractivity contribution in [2.45, 2.75) is 79.6 Å². The molecule has 2 atom stereocenters. The molecule has 2 unspecified atom stereocenters. The van der Waals surface area contributed by atoms with Gasteiger partial charge in [-0.3, -0.25) is 0 Å². The normalized spacial score (nSPS) is 22.0. The third kappa shape index (κ3) is 5.10. The summed E-state index contributed by atoms with van der Waals surface area (Å²) in [7, 11) is 0. The van der Waals surface area contributed by atoms with Crippen LogP contribution in [0, 0.1) is 37.0 Å². The Balaban J connectivity index is 1.41. The van der Waals surface area contributed by atoms with E-state index in [1.54, 1.807) is 5.56 Å². The molecule has 0 aliphatic heterocycles. The molecule has 36 heavy (non-hydrogen) atoms. The van der Waals surface area contributed by atoms with Gasteiger partial charge in [-0.25, -0.2) is 0 Å². The Bertz CT molecular complexity index is 1250. The minimum atomic E-state index is 0.294. The Labute approximate surface area is 219 Å². The Hall–Kier alpha value is -2.60. The second-order valence-electron chi connectivity index (χ2n) is 13.1. The van der Waals surface area contributed by atoms with Crippen molar-refractivity contribution in [3.8, 4) is 11.1 Å². The minimum absolute atomic E-state index is 0.294. The Morgan fingerprint density at radius 3 is 2.44 bits per heavy atom. The van der Waals surface area contributed by atoms with Crippen LogP contribution in [-0.2, 0) is 12.8 Å². The van der Waals surface area contributed by atoms with E-state index in [9.17, 15) is 0 Å². The fraction of sp³-hybridized carbons (Fsp3) is 0.444. The van der Waals surface area contributed by atoms with Gasteiger partial charge in [-0.05, 0) is 95.7 Å². The second-order valence-corrected chi connectivity index (χ2v) is 13.1. The summed E-state index contributed by atoms with van der Waals surface area (Å²) in [6.45, 7) is 20.6. The third-order valence-corrected chi connectivity index (χ3v) is 8.81. The summed E-state index contributed by atoms with van der Waals surface area (Å²) >= 11 is 0. The lowest BCUT2D eigenvalue weighted by Crippen LogP contribution is -2.21. The number of rotatable bonds is 6. The van der Waals surface area contributed by atoms with Crippen LogP contribution in [0.3, 0.4) is 0 Å². The number of aryl methyl sites for hydroxylation is 2. The summed E-state index contributed by atoms with van der Waals surface area (Å²) in [5, 5.41) is 0. The highest BCUT2D eigenvalue weighted by Gasteiger charge is 2.30. The molecular weight excluding hydrogens is 432 g/mol. The molecule has 0 heteroatoms. The molecule has 0 spiro atoms. The zero-order valence-electron chi connectivity index (χ0n) is 23.2. The molecule has 0 aromatic heterocycles. The van der Waals surface area contributed by atoms with Crippen molar-refractivity contribution < 1.29 is 0 Å². The van der Waals surface area contributed by atoms with E-state index in [2.05, 4.69) is 96.3 Å². The van der Waals surface area contributed by atoms with E-state index in [0.29, 0.717) is 17.3 Å². The van der Waals surface area contributed by atoms with Gasteiger partial charge in [0.25, 0.3) is 0 Å². The monoisotopic (exact) mass is 476 g/mol. The van der Waals surface area contributed by atoms with Crippen LogP contribution in [0.25, 0.3) is 17.2 Å². The summed E-state index contributed by atoms with van der Waals surface area (Å²) in [4.78, 5) is 0. The summed E-state index contributed by atoms with van der Waals surface area (Å²) in [5.74, 6) is 1.67. The molecule has 1 saturated carbocycles. The van der Waals surface area contributed by atoms with Crippen LogP contribution in [0.4, 0.5) is 0 Å². The van der Waals surface area contributed by atoms with E-state index in [1.165, 1.54) is 75.8 Å². The first-order valence-corrected chi connectivity index (χ1v) is 14.1. The molecule has 0 radical (unpaired) electrons. The molecule has 3 aliphatic carbocycles. The predicted octanol–water partition coefficient (Wildman–Crippen LogP) is 9.99.